The van der Waals surface area contributed by atoms with Crippen LogP contribution in [0.3, 0.4) is 0 Å². The van der Waals surface area contributed by atoms with E-state index < -0.39 is 30.0 Å². The quantitative estimate of drug-likeness (QED) is 0.470. The van der Waals surface area contributed by atoms with Gasteiger partial charge < -0.3 is 4.90 Å². The molecule has 0 aliphatic rings. The number of nitrogens with one attached hydrogen (secondary N) is 1. The zero-order chi connectivity index (χ0) is 19.3. The summed E-state index contributed by atoms with van der Waals surface area (Å²) in [5, 5.41) is 4.74. The van der Waals surface area contributed by atoms with Crippen molar-refractivity contribution in [3.8, 4) is 0 Å². The molecular weight excluding hydrogens is 367 g/mol. The third-order valence-electron chi connectivity index (χ3n) is 3.39. The second kappa shape index (κ2) is 8.13. The highest BCUT2D eigenvalue weighted by Gasteiger charge is 2.37. The van der Waals surface area contributed by atoms with Crippen LogP contribution in [0.5, 0.6) is 0 Å². The number of alkyl halides is 3. The zero-order valence-corrected chi connectivity index (χ0v) is 14.8. The zero-order valence-electron chi connectivity index (χ0n) is 14.0. The number of nitrogens with zero attached hydrogens (tertiary/aromatic N) is 2. The van der Waals surface area contributed by atoms with Gasteiger partial charge in [-0.05, 0) is 35.7 Å². The van der Waals surface area contributed by atoms with Crippen LogP contribution in [0.2, 0.25) is 0 Å². The van der Waals surface area contributed by atoms with Crippen LogP contribution in [-0.4, -0.2) is 37.7 Å². The lowest BCUT2D eigenvalue weighted by Gasteiger charge is -2.12. The van der Waals surface area contributed by atoms with E-state index in [0.29, 0.717) is 0 Å². The Morgan fingerprint density at radius 1 is 1.15 bits per heavy atom. The predicted molar refractivity (Wildman–Crippen MR) is 95.0 cm³/mol. The maximum Gasteiger partial charge on any atom is 0.431 e. The Balaban J connectivity index is 2.11. The van der Waals surface area contributed by atoms with Gasteiger partial charge in [0.15, 0.2) is 5.78 Å². The van der Waals surface area contributed by atoms with Crippen molar-refractivity contribution in [1.82, 2.24) is 5.43 Å². The summed E-state index contributed by atoms with van der Waals surface area (Å²) in [7, 11) is 3.64. The minimum absolute atomic E-state index is 0.158. The minimum Gasteiger partial charge on any atom is -0.378 e. The molecule has 9 heteroatoms. The third kappa shape index (κ3) is 5.16. The molecule has 1 N–H and O–H groups in total. The fraction of sp³-hybridized carbons (Fsp3) is 0.235. The lowest BCUT2D eigenvalue weighted by molar-refractivity contribution is -0.0605. The van der Waals surface area contributed by atoms with Crippen LogP contribution >= 0.6 is 11.3 Å². The Morgan fingerprint density at radius 3 is 2.31 bits per heavy atom. The van der Waals surface area contributed by atoms with Crippen molar-refractivity contribution >= 4 is 34.4 Å². The van der Waals surface area contributed by atoms with Gasteiger partial charge in [0.1, 0.15) is 5.71 Å². The molecule has 0 atom stereocenters. The van der Waals surface area contributed by atoms with E-state index in [1.54, 1.807) is 23.6 Å². The summed E-state index contributed by atoms with van der Waals surface area (Å²) >= 11 is 1.05. The number of Topliss-reactive ketones (excluding diaryl/α,β-unsaturated/α-hetero) is 1. The number of benzene rings is 1. The Kier molecular flexibility index (Phi) is 6.14. The van der Waals surface area contributed by atoms with E-state index in [4.69, 9.17) is 0 Å². The summed E-state index contributed by atoms with van der Waals surface area (Å²) in [6.07, 6.45) is -5.77. The summed E-state index contributed by atoms with van der Waals surface area (Å²) in [4.78, 5) is 25.9. The molecule has 0 radical (unpaired) electrons. The van der Waals surface area contributed by atoms with Crippen molar-refractivity contribution in [3.05, 3.63) is 52.2 Å². The Morgan fingerprint density at radius 2 is 1.81 bits per heavy atom. The van der Waals surface area contributed by atoms with Gasteiger partial charge in [0.2, 0.25) is 0 Å². The average molecular weight is 383 g/mol. The van der Waals surface area contributed by atoms with Gasteiger partial charge in [-0.1, -0.05) is 6.07 Å². The van der Waals surface area contributed by atoms with E-state index in [1.807, 2.05) is 24.4 Å². The summed E-state index contributed by atoms with van der Waals surface area (Å²) < 4.78 is 39.2. The monoisotopic (exact) mass is 383 g/mol. The number of amides is 1. The highest BCUT2D eigenvalue weighted by Crippen LogP contribution is 2.22. The number of carbonyl (C=O) groups is 2. The van der Waals surface area contributed by atoms with Crippen LogP contribution in [0.25, 0.3) is 0 Å². The molecule has 0 saturated carbocycles. The van der Waals surface area contributed by atoms with Crippen molar-refractivity contribution in [2.24, 2.45) is 5.10 Å². The van der Waals surface area contributed by atoms with E-state index >= 15 is 0 Å². The second-order valence-electron chi connectivity index (χ2n) is 5.52. The highest BCUT2D eigenvalue weighted by atomic mass is 32.1. The van der Waals surface area contributed by atoms with Crippen LogP contribution < -0.4 is 10.3 Å². The fourth-order valence-corrected chi connectivity index (χ4v) is 2.64. The Hall–Kier alpha value is -2.68. The molecule has 26 heavy (non-hydrogen) atoms. The van der Waals surface area contributed by atoms with Crippen LogP contribution in [0.1, 0.15) is 26.5 Å². The van der Waals surface area contributed by atoms with Crippen LogP contribution in [-0.2, 0) is 0 Å². The molecule has 5 nitrogen and oxygen atoms in total. The Labute approximate surface area is 152 Å². The van der Waals surface area contributed by atoms with Gasteiger partial charge in [0.25, 0.3) is 5.91 Å². The smallest absolute Gasteiger partial charge is 0.378 e. The largest absolute Gasteiger partial charge is 0.431 e. The lowest BCUT2D eigenvalue weighted by Crippen LogP contribution is -2.30. The molecule has 0 spiro atoms. The van der Waals surface area contributed by atoms with Gasteiger partial charge in [-0.15, -0.1) is 11.3 Å². The first kappa shape index (κ1) is 19.6. The number of carbonyl (C=O) groups excluding carboxylic acids is 2. The number of hydrazone groups is 1. The number of halogens is 3. The standard InChI is InChI=1S/C17H16F3N3O2S/c1-23(2)12-7-5-11(6-8-12)16(25)22-21-15(17(18,19)20)10-13(24)14-4-3-9-26-14/h3-9H,10H2,1-2H3,(H,22,25). The van der Waals surface area contributed by atoms with Gasteiger partial charge in [-0.3, -0.25) is 9.59 Å². The molecule has 0 aliphatic carbocycles. The molecule has 138 valence electrons. The molecule has 0 fully saturated rings. The van der Waals surface area contributed by atoms with E-state index in [-0.39, 0.29) is 10.4 Å². The number of ketones is 1. The molecule has 2 rings (SSSR count). The summed E-state index contributed by atoms with van der Waals surface area (Å²) in [5.74, 6) is -1.50. The number of rotatable bonds is 6. The van der Waals surface area contributed by atoms with Crippen molar-refractivity contribution in [2.75, 3.05) is 19.0 Å². The van der Waals surface area contributed by atoms with E-state index in [9.17, 15) is 22.8 Å². The number of anilines is 1. The maximum atomic E-state index is 13.1. The number of hydrogen-bond acceptors (Lipinski definition) is 5. The Bertz CT molecular complexity index is 798. The van der Waals surface area contributed by atoms with Gasteiger partial charge in [0, 0.05) is 25.3 Å². The normalized spacial score (nSPS) is 12.0. The third-order valence-corrected chi connectivity index (χ3v) is 4.30. The molecule has 1 heterocycles. The minimum atomic E-state index is -4.82. The SMILES string of the molecule is CN(C)c1ccc(C(=O)NN=C(CC(=O)c2cccs2)C(F)(F)F)cc1. The van der Waals surface area contributed by atoms with Gasteiger partial charge >= 0.3 is 6.18 Å². The molecule has 1 aromatic heterocycles. The van der Waals surface area contributed by atoms with E-state index in [2.05, 4.69) is 5.10 Å². The summed E-state index contributed by atoms with van der Waals surface area (Å²) in [6.45, 7) is 0. The topological polar surface area (TPSA) is 61.8 Å². The van der Waals surface area contributed by atoms with E-state index in [1.165, 1.54) is 18.2 Å². The molecule has 1 aromatic carbocycles. The first-order chi connectivity index (χ1) is 12.2. The van der Waals surface area contributed by atoms with Crippen LogP contribution in [0.15, 0.2) is 46.9 Å². The van der Waals surface area contributed by atoms with E-state index in [0.717, 1.165) is 17.0 Å². The molecular formula is C17H16F3N3O2S. The second-order valence-corrected chi connectivity index (χ2v) is 6.46. The summed E-state index contributed by atoms with van der Waals surface area (Å²) in [5.41, 5.74) is 1.51. The number of hydrogen-bond donors (Lipinski definition) is 1. The van der Waals surface area contributed by atoms with Crippen LogP contribution in [0.4, 0.5) is 18.9 Å². The molecule has 0 unspecified atom stereocenters. The highest BCUT2D eigenvalue weighted by molar-refractivity contribution is 7.12. The fourth-order valence-electron chi connectivity index (χ4n) is 1.97. The van der Waals surface area contributed by atoms with Crippen molar-refractivity contribution < 1.29 is 22.8 Å². The molecule has 2 aromatic rings. The molecule has 0 bridgehead atoms. The molecule has 1 amide bonds. The van der Waals surface area contributed by atoms with Crippen molar-refractivity contribution in [2.45, 2.75) is 12.6 Å². The van der Waals surface area contributed by atoms with Crippen molar-refractivity contribution in [3.63, 3.8) is 0 Å². The molecule has 0 aliphatic heterocycles. The van der Waals surface area contributed by atoms with Gasteiger partial charge in [-0.2, -0.15) is 18.3 Å². The lowest BCUT2D eigenvalue weighted by atomic mass is 10.1. The first-order valence-electron chi connectivity index (χ1n) is 7.46. The predicted octanol–water partition coefficient (Wildman–Crippen LogP) is 3.74. The number of thiophene rings is 1. The van der Waals surface area contributed by atoms with Gasteiger partial charge in [0.05, 0.1) is 11.3 Å². The average Bonchev–Trinajstić information content (AvgIpc) is 3.11. The summed E-state index contributed by atoms with van der Waals surface area (Å²) in [6, 6.07) is 9.27. The van der Waals surface area contributed by atoms with Crippen LogP contribution in [0, 0.1) is 0 Å². The first-order valence-corrected chi connectivity index (χ1v) is 8.34. The van der Waals surface area contributed by atoms with Crippen molar-refractivity contribution in [1.29, 1.82) is 0 Å². The molecule has 0 saturated heterocycles. The van der Waals surface area contributed by atoms with Gasteiger partial charge in [-0.25, -0.2) is 5.43 Å². The maximum absolute atomic E-state index is 13.1.